The Morgan fingerprint density at radius 3 is 2.45 bits per heavy atom. The molecule has 3 aromatic carbocycles. The monoisotopic (exact) mass is 408 g/mol. The van der Waals surface area contributed by atoms with Crippen LogP contribution < -0.4 is 5.73 Å². The molecule has 31 heavy (non-hydrogen) atoms. The zero-order chi connectivity index (χ0) is 22.3. The summed E-state index contributed by atoms with van der Waals surface area (Å²) < 4.78 is 0. The molecule has 0 radical (unpaired) electrons. The minimum atomic E-state index is -0.665. The van der Waals surface area contributed by atoms with Gasteiger partial charge in [0.1, 0.15) is 6.34 Å². The van der Waals surface area contributed by atoms with Crippen LogP contribution >= 0.6 is 0 Å². The van der Waals surface area contributed by atoms with Gasteiger partial charge in [0, 0.05) is 11.1 Å². The van der Waals surface area contributed by atoms with E-state index >= 15 is 0 Å². The summed E-state index contributed by atoms with van der Waals surface area (Å²) in [5.74, 6) is -0.0274. The molecule has 5 heteroatoms. The van der Waals surface area contributed by atoms with Crippen molar-refractivity contribution in [3.05, 3.63) is 95.1 Å². The number of ketones is 1. The molecule has 0 unspecified atom stereocenters. The first-order valence-corrected chi connectivity index (χ1v) is 9.92. The van der Waals surface area contributed by atoms with Crippen molar-refractivity contribution in [3.8, 4) is 17.2 Å². The van der Waals surface area contributed by atoms with Crippen molar-refractivity contribution < 1.29 is 4.79 Å². The van der Waals surface area contributed by atoms with Crippen molar-refractivity contribution >= 4 is 18.5 Å². The van der Waals surface area contributed by atoms with Crippen LogP contribution in [-0.2, 0) is 12.0 Å². The van der Waals surface area contributed by atoms with Crippen molar-refractivity contribution in [1.29, 1.82) is 5.26 Å². The zero-order valence-electron chi connectivity index (χ0n) is 17.6. The third-order valence-corrected chi connectivity index (χ3v) is 5.00. The first-order chi connectivity index (χ1) is 14.9. The minimum Gasteiger partial charge on any atom is -0.390 e. The molecular formula is C26H24N4O. The first kappa shape index (κ1) is 21.7. The van der Waals surface area contributed by atoms with E-state index in [1.807, 2.05) is 86.6 Å². The Morgan fingerprint density at radius 2 is 1.74 bits per heavy atom. The molecule has 0 heterocycles. The summed E-state index contributed by atoms with van der Waals surface area (Å²) in [5, 5.41) is 9.63. The van der Waals surface area contributed by atoms with Crippen LogP contribution in [0.3, 0.4) is 0 Å². The SMILES string of the molecule is CC(C)(C#N)c1cc(CN=CN=CN)cc(-c2cccc(C(=O)c3ccccc3)c2)c1. The molecule has 2 N–H and O–H groups in total. The summed E-state index contributed by atoms with van der Waals surface area (Å²) in [6.45, 7) is 4.17. The van der Waals surface area contributed by atoms with Gasteiger partial charge in [-0.05, 0) is 54.3 Å². The maximum absolute atomic E-state index is 12.9. The lowest BCUT2D eigenvalue weighted by atomic mass is 9.83. The highest BCUT2D eigenvalue weighted by Crippen LogP contribution is 2.30. The number of nitrogens with two attached hydrogens (primary N) is 1. The van der Waals surface area contributed by atoms with Crippen LogP contribution in [0.4, 0.5) is 0 Å². The molecule has 0 aromatic heterocycles. The minimum absolute atomic E-state index is 0.0274. The van der Waals surface area contributed by atoms with Gasteiger partial charge in [0.15, 0.2) is 5.78 Å². The Bertz CT molecular complexity index is 1170. The highest BCUT2D eigenvalue weighted by atomic mass is 16.1. The van der Waals surface area contributed by atoms with Crippen molar-refractivity contribution in [1.82, 2.24) is 0 Å². The highest BCUT2D eigenvalue weighted by Gasteiger charge is 2.21. The average molecular weight is 409 g/mol. The van der Waals surface area contributed by atoms with E-state index in [1.54, 1.807) is 0 Å². The molecule has 0 aliphatic carbocycles. The lowest BCUT2D eigenvalue weighted by Crippen LogP contribution is -2.14. The molecule has 0 fully saturated rings. The van der Waals surface area contributed by atoms with E-state index in [0.29, 0.717) is 17.7 Å². The first-order valence-electron chi connectivity index (χ1n) is 9.92. The number of hydrogen-bond acceptors (Lipinski definition) is 3. The average Bonchev–Trinajstić information content (AvgIpc) is 2.82. The summed E-state index contributed by atoms with van der Waals surface area (Å²) in [6.07, 6.45) is 2.58. The summed E-state index contributed by atoms with van der Waals surface area (Å²) in [7, 11) is 0. The van der Waals surface area contributed by atoms with E-state index in [-0.39, 0.29) is 5.78 Å². The standard InChI is InChI=1S/C26H24N4O/c1-26(2,16-27)24-12-19(15-29-18-30-17-28)11-23(14-24)21-9-6-10-22(13-21)25(31)20-7-4-3-5-8-20/h3-14,17-18H,15H2,1-2H3,(H2,28,29,30). The quantitative estimate of drug-likeness (QED) is 0.342. The van der Waals surface area contributed by atoms with Crippen molar-refractivity contribution in [3.63, 3.8) is 0 Å². The van der Waals surface area contributed by atoms with Crippen LogP contribution in [0, 0.1) is 11.3 Å². The molecule has 0 amide bonds. The van der Waals surface area contributed by atoms with Gasteiger partial charge < -0.3 is 5.73 Å². The summed E-state index contributed by atoms with van der Waals surface area (Å²) in [5.41, 5.74) is 9.50. The predicted molar refractivity (Wildman–Crippen MR) is 125 cm³/mol. The Hall–Kier alpha value is -4.04. The fraction of sp³-hybridized carbons (Fsp3) is 0.154. The second kappa shape index (κ2) is 9.64. The van der Waals surface area contributed by atoms with Gasteiger partial charge in [-0.15, -0.1) is 0 Å². The molecular weight excluding hydrogens is 384 g/mol. The third-order valence-electron chi connectivity index (χ3n) is 5.00. The van der Waals surface area contributed by atoms with Crippen LogP contribution in [0.25, 0.3) is 11.1 Å². The van der Waals surface area contributed by atoms with E-state index in [9.17, 15) is 10.1 Å². The van der Waals surface area contributed by atoms with Crippen LogP contribution in [0.15, 0.2) is 82.8 Å². The smallest absolute Gasteiger partial charge is 0.193 e. The lowest BCUT2D eigenvalue weighted by Gasteiger charge is -2.19. The second-order valence-electron chi connectivity index (χ2n) is 7.69. The molecule has 3 rings (SSSR count). The molecule has 0 aliphatic rings. The van der Waals surface area contributed by atoms with E-state index in [0.717, 1.165) is 22.3 Å². The molecule has 0 aliphatic heterocycles. The van der Waals surface area contributed by atoms with E-state index in [2.05, 4.69) is 16.1 Å². The van der Waals surface area contributed by atoms with Crippen LogP contribution in [0.2, 0.25) is 0 Å². The van der Waals surface area contributed by atoms with Crippen molar-refractivity contribution in [2.24, 2.45) is 15.7 Å². The Balaban J connectivity index is 2.04. The highest BCUT2D eigenvalue weighted by molar-refractivity contribution is 6.09. The molecule has 3 aromatic rings. The summed E-state index contributed by atoms with van der Waals surface area (Å²) in [4.78, 5) is 20.9. The maximum atomic E-state index is 12.9. The number of carbonyl (C=O) groups is 1. The molecule has 0 spiro atoms. The normalized spacial score (nSPS) is 11.6. The topological polar surface area (TPSA) is 91.6 Å². The van der Waals surface area contributed by atoms with Crippen molar-refractivity contribution in [2.75, 3.05) is 0 Å². The Morgan fingerprint density at radius 1 is 1.00 bits per heavy atom. The van der Waals surface area contributed by atoms with Gasteiger partial charge in [-0.1, -0.05) is 54.6 Å². The molecule has 5 nitrogen and oxygen atoms in total. The number of rotatable bonds is 7. The largest absolute Gasteiger partial charge is 0.390 e. The van der Waals surface area contributed by atoms with Crippen LogP contribution in [0.1, 0.15) is 40.9 Å². The van der Waals surface area contributed by atoms with Gasteiger partial charge in [-0.2, -0.15) is 5.26 Å². The van der Waals surface area contributed by atoms with Gasteiger partial charge in [0.25, 0.3) is 0 Å². The molecule has 0 atom stereocenters. The van der Waals surface area contributed by atoms with Gasteiger partial charge in [0.2, 0.25) is 0 Å². The predicted octanol–water partition coefficient (Wildman–Crippen LogP) is 4.90. The molecule has 154 valence electrons. The zero-order valence-corrected chi connectivity index (χ0v) is 17.6. The summed E-state index contributed by atoms with van der Waals surface area (Å²) >= 11 is 0. The van der Waals surface area contributed by atoms with Gasteiger partial charge in [-0.3, -0.25) is 9.79 Å². The van der Waals surface area contributed by atoms with Crippen LogP contribution in [-0.4, -0.2) is 18.5 Å². The fourth-order valence-corrected chi connectivity index (χ4v) is 3.20. The summed E-state index contributed by atoms with van der Waals surface area (Å²) in [6, 6.07) is 25.1. The number of hydrogen-bond donors (Lipinski definition) is 1. The number of benzene rings is 3. The number of carbonyl (C=O) groups excluding carboxylic acids is 1. The van der Waals surface area contributed by atoms with E-state index in [1.165, 1.54) is 12.7 Å². The van der Waals surface area contributed by atoms with Gasteiger partial charge in [0.05, 0.1) is 24.4 Å². The molecule has 0 saturated heterocycles. The van der Waals surface area contributed by atoms with Gasteiger partial charge in [-0.25, -0.2) is 4.99 Å². The fourth-order valence-electron chi connectivity index (χ4n) is 3.20. The Labute approximate surface area is 182 Å². The third kappa shape index (κ3) is 5.31. The number of nitrogens with zero attached hydrogens (tertiary/aromatic N) is 3. The van der Waals surface area contributed by atoms with E-state index in [4.69, 9.17) is 5.73 Å². The van der Waals surface area contributed by atoms with E-state index < -0.39 is 5.41 Å². The Kier molecular flexibility index (Phi) is 6.74. The van der Waals surface area contributed by atoms with Crippen molar-refractivity contribution in [2.45, 2.75) is 25.8 Å². The second-order valence-corrected chi connectivity index (χ2v) is 7.69. The molecule has 0 bridgehead atoms. The maximum Gasteiger partial charge on any atom is 0.193 e. The number of aliphatic imine (C=N–C) groups is 2. The lowest BCUT2D eigenvalue weighted by molar-refractivity contribution is 0.103. The molecule has 0 saturated carbocycles. The van der Waals surface area contributed by atoms with Gasteiger partial charge >= 0.3 is 0 Å². The number of nitriles is 1. The van der Waals surface area contributed by atoms with Crippen LogP contribution in [0.5, 0.6) is 0 Å².